The zero-order chi connectivity index (χ0) is 9.97. The minimum Gasteiger partial charge on any atom is -0.313 e. The van der Waals surface area contributed by atoms with E-state index in [4.69, 9.17) is 5.53 Å². The lowest BCUT2D eigenvalue weighted by Gasteiger charge is -1.95. The number of azide groups is 1. The lowest BCUT2D eigenvalue weighted by Crippen LogP contribution is -2.05. The Morgan fingerprint density at radius 1 is 1.50 bits per heavy atom. The molecule has 0 spiro atoms. The van der Waals surface area contributed by atoms with Gasteiger partial charge in [-0.15, -0.1) is 0 Å². The van der Waals surface area contributed by atoms with Crippen molar-refractivity contribution in [1.82, 2.24) is 9.97 Å². The number of fused-ring (bicyclic) bond motifs is 1. The summed E-state index contributed by atoms with van der Waals surface area (Å²) in [4.78, 5) is 20.3. The minimum atomic E-state index is -0.206. The van der Waals surface area contributed by atoms with Crippen molar-refractivity contribution in [3.8, 4) is 0 Å². The zero-order valence-electron chi connectivity index (χ0n) is 7.01. The molecule has 1 aromatic heterocycles. The molecule has 1 heterocycles. The second-order valence-electron chi connectivity index (χ2n) is 2.62. The molecule has 2 rings (SSSR count). The summed E-state index contributed by atoms with van der Waals surface area (Å²) >= 11 is 0. The van der Waals surface area contributed by atoms with E-state index in [1.807, 2.05) is 0 Å². The molecule has 0 aliphatic rings. The highest BCUT2D eigenvalue weighted by molar-refractivity contribution is 5.80. The van der Waals surface area contributed by atoms with Crippen LogP contribution in [0.4, 0.5) is 5.69 Å². The van der Waals surface area contributed by atoms with Crippen molar-refractivity contribution in [2.45, 2.75) is 0 Å². The molecule has 6 heteroatoms. The SMILES string of the molecule is [N-]=[N+]=Nc1ccc2c(=O)[nH]cnc2c1. The first-order valence-electron chi connectivity index (χ1n) is 3.84. The minimum absolute atomic E-state index is 0.206. The Morgan fingerprint density at radius 3 is 3.14 bits per heavy atom. The van der Waals surface area contributed by atoms with Gasteiger partial charge in [0, 0.05) is 10.6 Å². The van der Waals surface area contributed by atoms with Crippen molar-refractivity contribution in [3.05, 3.63) is 45.3 Å². The van der Waals surface area contributed by atoms with Gasteiger partial charge >= 0.3 is 0 Å². The van der Waals surface area contributed by atoms with Gasteiger partial charge in [0.1, 0.15) is 0 Å². The summed E-state index contributed by atoms with van der Waals surface area (Å²) in [7, 11) is 0. The van der Waals surface area contributed by atoms with Gasteiger partial charge in [-0.3, -0.25) is 4.79 Å². The van der Waals surface area contributed by atoms with E-state index in [0.717, 1.165) is 0 Å². The third-order valence-electron chi connectivity index (χ3n) is 1.79. The van der Waals surface area contributed by atoms with E-state index in [-0.39, 0.29) is 5.56 Å². The van der Waals surface area contributed by atoms with Crippen LogP contribution >= 0.6 is 0 Å². The molecule has 0 radical (unpaired) electrons. The second kappa shape index (κ2) is 3.20. The number of rotatable bonds is 1. The Bertz CT molecular complexity index is 582. The number of nitrogens with one attached hydrogen (secondary N) is 1. The highest BCUT2D eigenvalue weighted by atomic mass is 16.1. The van der Waals surface area contributed by atoms with Crippen LogP contribution in [0, 0.1) is 0 Å². The number of aromatic nitrogens is 2. The summed E-state index contributed by atoms with van der Waals surface area (Å²) in [6.07, 6.45) is 1.31. The van der Waals surface area contributed by atoms with Crippen molar-refractivity contribution in [2.75, 3.05) is 0 Å². The Labute approximate surface area is 77.8 Å². The van der Waals surface area contributed by atoms with Crippen LogP contribution in [0.3, 0.4) is 0 Å². The van der Waals surface area contributed by atoms with E-state index in [1.54, 1.807) is 18.2 Å². The smallest absolute Gasteiger partial charge is 0.258 e. The molecule has 0 saturated carbocycles. The molecule has 68 valence electrons. The fraction of sp³-hybridized carbons (Fsp3) is 0. The number of hydrogen-bond donors (Lipinski definition) is 1. The Balaban J connectivity index is 2.79. The summed E-state index contributed by atoms with van der Waals surface area (Å²) < 4.78 is 0. The highest BCUT2D eigenvalue weighted by Crippen LogP contribution is 2.16. The maximum atomic E-state index is 11.2. The summed E-state index contributed by atoms with van der Waals surface area (Å²) in [5.41, 5.74) is 8.97. The van der Waals surface area contributed by atoms with Gasteiger partial charge in [0.2, 0.25) is 0 Å². The fourth-order valence-corrected chi connectivity index (χ4v) is 1.17. The number of H-pyrrole nitrogens is 1. The van der Waals surface area contributed by atoms with E-state index >= 15 is 0 Å². The van der Waals surface area contributed by atoms with Gasteiger partial charge < -0.3 is 4.98 Å². The second-order valence-corrected chi connectivity index (χ2v) is 2.62. The van der Waals surface area contributed by atoms with Crippen molar-refractivity contribution in [3.63, 3.8) is 0 Å². The fourth-order valence-electron chi connectivity index (χ4n) is 1.17. The van der Waals surface area contributed by atoms with Gasteiger partial charge in [-0.25, -0.2) is 4.98 Å². The zero-order valence-corrected chi connectivity index (χ0v) is 7.01. The molecule has 0 bridgehead atoms. The largest absolute Gasteiger partial charge is 0.313 e. The maximum absolute atomic E-state index is 11.2. The summed E-state index contributed by atoms with van der Waals surface area (Å²) in [5, 5.41) is 3.89. The van der Waals surface area contributed by atoms with Gasteiger partial charge in [-0.1, -0.05) is 11.2 Å². The molecule has 1 N–H and O–H groups in total. The summed E-state index contributed by atoms with van der Waals surface area (Å²) in [6.45, 7) is 0. The predicted octanol–water partition coefficient (Wildman–Crippen LogP) is 1.86. The van der Waals surface area contributed by atoms with E-state index < -0.39 is 0 Å². The molecule has 0 atom stereocenters. The maximum Gasteiger partial charge on any atom is 0.258 e. The van der Waals surface area contributed by atoms with Crippen LogP contribution in [0.15, 0.2) is 34.4 Å². The number of aromatic amines is 1. The number of benzene rings is 1. The first-order chi connectivity index (χ1) is 6.81. The van der Waals surface area contributed by atoms with E-state index in [1.165, 1.54) is 6.33 Å². The molecular weight excluding hydrogens is 182 g/mol. The van der Waals surface area contributed by atoms with Gasteiger partial charge in [0.25, 0.3) is 5.56 Å². The summed E-state index contributed by atoms with van der Waals surface area (Å²) in [5.74, 6) is 0. The van der Waals surface area contributed by atoms with Crippen LogP contribution in [0.5, 0.6) is 0 Å². The average molecular weight is 187 g/mol. The monoisotopic (exact) mass is 187 g/mol. The van der Waals surface area contributed by atoms with E-state index in [2.05, 4.69) is 20.0 Å². The molecule has 0 aliphatic carbocycles. The van der Waals surface area contributed by atoms with Crippen LogP contribution in [-0.4, -0.2) is 9.97 Å². The van der Waals surface area contributed by atoms with Crippen molar-refractivity contribution >= 4 is 16.6 Å². The van der Waals surface area contributed by atoms with Gasteiger partial charge in [0.15, 0.2) is 0 Å². The molecule has 2 aromatic rings. The van der Waals surface area contributed by atoms with Crippen molar-refractivity contribution in [2.24, 2.45) is 5.11 Å². The molecule has 14 heavy (non-hydrogen) atoms. The molecule has 0 fully saturated rings. The van der Waals surface area contributed by atoms with E-state index in [9.17, 15) is 4.79 Å². The van der Waals surface area contributed by atoms with Crippen LogP contribution in [0.1, 0.15) is 0 Å². The Kier molecular flexibility index (Phi) is 1.89. The van der Waals surface area contributed by atoms with Crippen LogP contribution in [0.25, 0.3) is 21.3 Å². The van der Waals surface area contributed by atoms with Gasteiger partial charge in [-0.2, -0.15) is 0 Å². The lowest BCUT2D eigenvalue weighted by molar-refractivity contribution is 1.17. The van der Waals surface area contributed by atoms with Crippen molar-refractivity contribution < 1.29 is 0 Å². The Morgan fingerprint density at radius 2 is 2.36 bits per heavy atom. The number of hydrogen-bond acceptors (Lipinski definition) is 3. The van der Waals surface area contributed by atoms with Gasteiger partial charge in [-0.05, 0) is 17.7 Å². The normalized spacial score (nSPS) is 9.71. The first-order valence-corrected chi connectivity index (χ1v) is 3.84. The topological polar surface area (TPSA) is 94.5 Å². The number of nitrogens with zero attached hydrogens (tertiary/aromatic N) is 4. The van der Waals surface area contributed by atoms with E-state index in [0.29, 0.717) is 16.6 Å². The van der Waals surface area contributed by atoms with Crippen molar-refractivity contribution in [1.29, 1.82) is 0 Å². The Hall–Kier alpha value is -2.33. The van der Waals surface area contributed by atoms with Crippen LogP contribution in [-0.2, 0) is 0 Å². The predicted molar refractivity (Wildman–Crippen MR) is 51.2 cm³/mol. The average Bonchev–Trinajstić information content (AvgIpc) is 2.18. The first kappa shape index (κ1) is 8.28. The standard InChI is InChI=1S/C8H5N5O/c9-13-12-5-1-2-6-7(3-5)10-4-11-8(6)14/h1-4H,(H,10,11,14). The molecule has 1 aromatic carbocycles. The molecule has 0 aliphatic heterocycles. The third kappa shape index (κ3) is 1.30. The van der Waals surface area contributed by atoms with Crippen LogP contribution in [0.2, 0.25) is 0 Å². The molecule has 0 unspecified atom stereocenters. The molecule has 6 nitrogen and oxygen atoms in total. The summed E-state index contributed by atoms with van der Waals surface area (Å²) in [6, 6.07) is 4.70. The quantitative estimate of drug-likeness (QED) is 0.419. The van der Waals surface area contributed by atoms with Crippen LogP contribution < -0.4 is 5.56 Å². The highest BCUT2D eigenvalue weighted by Gasteiger charge is 1.98. The molecular formula is C8H5N5O. The lowest BCUT2D eigenvalue weighted by atomic mass is 10.2. The third-order valence-corrected chi connectivity index (χ3v) is 1.79. The molecule has 0 saturated heterocycles. The molecule has 0 amide bonds. The van der Waals surface area contributed by atoms with Gasteiger partial charge in [0.05, 0.1) is 17.2 Å².